The van der Waals surface area contributed by atoms with Crippen LogP contribution in [0.3, 0.4) is 0 Å². The van der Waals surface area contributed by atoms with Crippen LogP contribution < -0.4 is 5.32 Å². The number of amides is 2. The van der Waals surface area contributed by atoms with Gasteiger partial charge in [0, 0.05) is 38.3 Å². The average molecular weight is 317 g/mol. The van der Waals surface area contributed by atoms with Crippen LogP contribution in [-0.2, 0) is 16.6 Å². The molecule has 2 amide bonds. The Balaban J connectivity index is 1.54. The average Bonchev–Trinajstić information content (AvgIpc) is 3.15. The van der Waals surface area contributed by atoms with Gasteiger partial charge in [-0.05, 0) is 19.8 Å². The standard InChI is InChI=1S/C15H19N5O3/c1-10-7-13(23-18-10)11-3-5-20(6-4-11)15(22)14(21)17-12-8-16-19(2)9-12/h7-9,11H,3-6H2,1-2H3,(H,17,21). The van der Waals surface area contributed by atoms with Crippen molar-refractivity contribution in [2.45, 2.75) is 25.7 Å². The summed E-state index contributed by atoms with van der Waals surface area (Å²) in [7, 11) is 1.74. The van der Waals surface area contributed by atoms with E-state index in [9.17, 15) is 9.59 Å². The van der Waals surface area contributed by atoms with Gasteiger partial charge < -0.3 is 14.7 Å². The lowest BCUT2D eigenvalue weighted by Crippen LogP contribution is -2.43. The highest BCUT2D eigenvalue weighted by Gasteiger charge is 2.29. The van der Waals surface area contributed by atoms with Crippen LogP contribution in [0.15, 0.2) is 23.0 Å². The normalized spacial score (nSPS) is 15.7. The predicted octanol–water partition coefficient (Wildman–Crippen LogP) is 1.06. The minimum Gasteiger partial charge on any atom is -0.361 e. The van der Waals surface area contributed by atoms with E-state index in [1.54, 1.807) is 22.8 Å². The van der Waals surface area contributed by atoms with Gasteiger partial charge in [-0.1, -0.05) is 5.16 Å². The van der Waals surface area contributed by atoms with Gasteiger partial charge in [-0.15, -0.1) is 0 Å². The summed E-state index contributed by atoms with van der Waals surface area (Å²) in [6, 6.07) is 1.93. The quantitative estimate of drug-likeness (QED) is 0.836. The van der Waals surface area contributed by atoms with Gasteiger partial charge in [-0.3, -0.25) is 14.3 Å². The van der Waals surface area contributed by atoms with E-state index >= 15 is 0 Å². The minimum atomic E-state index is -0.632. The van der Waals surface area contributed by atoms with E-state index in [1.807, 2.05) is 13.0 Å². The molecule has 1 saturated heterocycles. The lowest BCUT2D eigenvalue weighted by atomic mass is 9.94. The number of carbonyl (C=O) groups is 2. The molecular formula is C15H19N5O3. The topological polar surface area (TPSA) is 93.3 Å². The smallest absolute Gasteiger partial charge is 0.313 e. The molecule has 1 fully saturated rings. The van der Waals surface area contributed by atoms with Crippen LogP contribution in [0.1, 0.15) is 30.2 Å². The third-order valence-electron chi connectivity index (χ3n) is 3.99. The van der Waals surface area contributed by atoms with E-state index in [0.29, 0.717) is 18.8 Å². The number of nitrogens with zero attached hydrogens (tertiary/aromatic N) is 4. The van der Waals surface area contributed by atoms with Crippen molar-refractivity contribution in [2.75, 3.05) is 18.4 Å². The molecule has 1 aliphatic heterocycles. The molecule has 3 heterocycles. The third kappa shape index (κ3) is 3.41. The lowest BCUT2D eigenvalue weighted by molar-refractivity contribution is -0.143. The van der Waals surface area contributed by atoms with E-state index in [1.165, 1.54) is 6.20 Å². The zero-order valence-electron chi connectivity index (χ0n) is 13.2. The first-order chi connectivity index (χ1) is 11.0. The number of hydrogen-bond acceptors (Lipinski definition) is 5. The lowest BCUT2D eigenvalue weighted by Gasteiger charge is -2.30. The molecule has 0 aromatic carbocycles. The van der Waals surface area contributed by atoms with Crippen molar-refractivity contribution in [3.05, 3.63) is 29.9 Å². The maximum atomic E-state index is 12.2. The van der Waals surface area contributed by atoms with Gasteiger partial charge >= 0.3 is 11.8 Å². The molecule has 8 nitrogen and oxygen atoms in total. The number of carbonyl (C=O) groups excluding carboxylic acids is 2. The second-order valence-electron chi connectivity index (χ2n) is 5.79. The summed E-state index contributed by atoms with van der Waals surface area (Å²) in [5, 5.41) is 10.4. The SMILES string of the molecule is Cc1cc(C2CCN(C(=O)C(=O)Nc3cnn(C)c3)CC2)on1. The van der Waals surface area contributed by atoms with E-state index in [4.69, 9.17) is 4.52 Å². The molecule has 0 saturated carbocycles. The molecule has 3 rings (SSSR count). The first-order valence-corrected chi connectivity index (χ1v) is 7.55. The van der Waals surface area contributed by atoms with Crippen molar-refractivity contribution >= 4 is 17.5 Å². The van der Waals surface area contributed by atoms with Gasteiger partial charge in [0.15, 0.2) is 0 Å². The molecular weight excluding hydrogens is 298 g/mol. The Morgan fingerprint density at radius 2 is 2.09 bits per heavy atom. The Hall–Kier alpha value is -2.64. The molecule has 23 heavy (non-hydrogen) atoms. The number of aryl methyl sites for hydroxylation is 2. The number of anilines is 1. The Morgan fingerprint density at radius 3 is 2.65 bits per heavy atom. The Morgan fingerprint density at radius 1 is 1.35 bits per heavy atom. The molecule has 0 bridgehead atoms. The molecule has 0 aliphatic carbocycles. The predicted molar refractivity (Wildman–Crippen MR) is 81.6 cm³/mol. The van der Waals surface area contributed by atoms with Gasteiger partial charge in [0.1, 0.15) is 5.76 Å². The molecule has 1 N–H and O–H groups in total. The molecule has 0 unspecified atom stereocenters. The van der Waals surface area contributed by atoms with E-state index in [0.717, 1.165) is 24.3 Å². The van der Waals surface area contributed by atoms with Crippen LogP contribution in [-0.4, -0.2) is 44.7 Å². The van der Waals surface area contributed by atoms with Gasteiger partial charge in [0.2, 0.25) is 0 Å². The van der Waals surface area contributed by atoms with Gasteiger partial charge in [0.25, 0.3) is 0 Å². The number of nitrogens with one attached hydrogen (secondary N) is 1. The van der Waals surface area contributed by atoms with E-state index in [-0.39, 0.29) is 5.92 Å². The van der Waals surface area contributed by atoms with Crippen molar-refractivity contribution in [1.29, 1.82) is 0 Å². The summed E-state index contributed by atoms with van der Waals surface area (Å²) in [5.74, 6) is -0.0379. The highest BCUT2D eigenvalue weighted by molar-refractivity contribution is 6.39. The number of aromatic nitrogens is 3. The van der Waals surface area contributed by atoms with Crippen LogP contribution in [0, 0.1) is 6.92 Å². The molecule has 0 atom stereocenters. The Kier molecular flexibility index (Phi) is 4.14. The monoisotopic (exact) mass is 317 g/mol. The van der Waals surface area contributed by atoms with Crippen molar-refractivity contribution in [3.8, 4) is 0 Å². The van der Waals surface area contributed by atoms with E-state index < -0.39 is 11.8 Å². The zero-order chi connectivity index (χ0) is 16.4. The molecule has 8 heteroatoms. The summed E-state index contributed by atoms with van der Waals surface area (Å²) < 4.78 is 6.85. The summed E-state index contributed by atoms with van der Waals surface area (Å²) in [6.45, 7) is 2.95. The summed E-state index contributed by atoms with van der Waals surface area (Å²) >= 11 is 0. The number of likely N-dealkylation sites (tertiary alicyclic amines) is 1. The molecule has 2 aromatic rings. The Labute approximate surface area is 133 Å². The second-order valence-corrected chi connectivity index (χ2v) is 5.79. The molecule has 0 spiro atoms. The maximum Gasteiger partial charge on any atom is 0.313 e. The summed E-state index contributed by atoms with van der Waals surface area (Å²) in [5.41, 5.74) is 1.37. The highest BCUT2D eigenvalue weighted by atomic mass is 16.5. The number of piperidine rings is 1. The second kappa shape index (κ2) is 6.23. The van der Waals surface area contributed by atoms with Crippen LogP contribution >= 0.6 is 0 Å². The maximum absolute atomic E-state index is 12.2. The fraction of sp³-hybridized carbons (Fsp3) is 0.467. The van der Waals surface area contributed by atoms with Crippen molar-refractivity contribution in [2.24, 2.45) is 7.05 Å². The first-order valence-electron chi connectivity index (χ1n) is 7.55. The number of hydrogen-bond donors (Lipinski definition) is 1. The van der Waals surface area contributed by atoms with E-state index in [2.05, 4.69) is 15.6 Å². The largest absolute Gasteiger partial charge is 0.361 e. The highest BCUT2D eigenvalue weighted by Crippen LogP contribution is 2.28. The van der Waals surface area contributed by atoms with Crippen molar-refractivity contribution in [3.63, 3.8) is 0 Å². The summed E-state index contributed by atoms with van der Waals surface area (Å²) in [4.78, 5) is 25.8. The minimum absolute atomic E-state index is 0.252. The van der Waals surface area contributed by atoms with Crippen molar-refractivity contribution in [1.82, 2.24) is 19.8 Å². The van der Waals surface area contributed by atoms with Gasteiger partial charge in [0.05, 0.1) is 17.6 Å². The zero-order valence-corrected chi connectivity index (χ0v) is 13.2. The fourth-order valence-corrected chi connectivity index (χ4v) is 2.76. The Bertz CT molecular complexity index is 712. The summed E-state index contributed by atoms with van der Waals surface area (Å²) in [6.07, 6.45) is 4.68. The number of rotatable bonds is 2. The van der Waals surface area contributed by atoms with Gasteiger partial charge in [-0.2, -0.15) is 5.10 Å². The molecule has 2 aromatic heterocycles. The van der Waals surface area contributed by atoms with Crippen LogP contribution in [0.25, 0.3) is 0 Å². The van der Waals surface area contributed by atoms with Gasteiger partial charge in [-0.25, -0.2) is 0 Å². The molecule has 0 radical (unpaired) electrons. The van der Waals surface area contributed by atoms with Crippen LogP contribution in [0.5, 0.6) is 0 Å². The molecule has 1 aliphatic rings. The molecule has 122 valence electrons. The van der Waals surface area contributed by atoms with Crippen molar-refractivity contribution < 1.29 is 14.1 Å². The third-order valence-corrected chi connectivity index (χ3v) is 3.99. The van der Waals surface area contributed by atoms with Crippen LogP contribution in [0.2, 0.25) is 0 Å². The first kappa shape index (κ1) is 15.3. The fourth-order valence-electron chi connectivity index (χ4n) is 2.76. The van der Waals surface area contributed by atoms with Crippen LogP contribution in [0.4, 0.5) is 5.69 Å².